The van der Waals surface area contributed by atoms with E-state index in [9.17, 15) is 9.59 Å². The van der Waals surface area contributed by atoms with E-state index in [-0.39, 0.29) is 17.9 Å². The van der Waals surface area contributed by atoms with Gasteiger partial charge in [-0.25, -0.2) is 0 Å². The molecule has 5 nitrogen and oxygen atoms in total. The first kappa shape index (κ1) is 17.0. The number of hydrogen-bond acceptors (Lipinski definition) is 3. The Morgan fingerprint density at radius 3 is 2.75 bits per heavy atom. The van der Waals surface area contributed by atoms with E-state index in [1.54, 1.807) is 0 Å². The van der Waals surface area contributed by atoms with Crippen LogP contribution in [0, 0.1) is 0 Å². The molecule has 1 aromatic rings. The smallest absolute Gasteiger partial charge is 0.224 e. The van der Waals surface area contributed by atoms with Crippen molar-refractivity contribution in [3.05, 3.63) is 35.9 Å². The number of rotatable bonds is 6. The van der Waals surface area contributed by atoms with Crippen molar-refractivity contribution in [2.45, 2.75) is 44.8 Å². The number of nitrogens with zero attached hydrogens (tertiary/aromatic N) is 2. The third-order valence-corrected chi connectivity index (χ3v) is 4.83. The minimum absolute atomic E-state index is 0.108. The third-order valence-electron chi connectivity index (χ3n) is 4.83. The van der Waals surface area contributed by atoms with E-state index >= 15 is 0 Å². The fraction of sp³-hybridized carbons (Fsp3) is 0.579. The molecule has 130 valence electrons. The summed E-state index contributed by atoms with van der Waals surface area (Å²) in [5.74, 6) is 0.327. The van der Waals surface area contributed by atoms with Crippen molar-refractivity contribution in [1.29, 1.82) is 0 Å². The van der Waals surface area contributed by atoms with Gasteiger partial charge in [0, 0.05) is 39.0 Å². The molecule has 5 heteroatoms. The van der Waals surface area contributed by atoms with Crippen molar-refractivity contribution in [2.24, 2.45) is 0 Å². The van der Waals surface area contributed by atoms with E-state index in [1.807, 2.05) is 28.0 Å². The molecule has 1 unspecified atom stereocenters. The number of amides is 2. The fourth-order valence-corrected chi connectivity index (χ4v) is 3.42. The standard InChI is InChI=1S/C19H26N2O3/c22-18-9-5-11-20(18)13-10-19(23)21-12-4-8-17(14-21)24-15-16-6-2-1-3-7-16/h1-3,6-7,17H,4-5,8-15H2. The Morgan fingerprint density at radius 2 is 2.00 bits per heavy atom. The van der Waals surface area contributed by atoms with Gasteiger partial charge in [0.05, 0.1) is 12.7 Å². The first-order chi connectivity index (χ1) is 11.7. The highest BCUT2D eigenvalue weighted by molar-refractivity contribution is 5.80. The lowest BCUT2D eigenvalue weighted by atomic mass is 10.1. The SMILES string of the molecule is O=C1CCCN1CCC(=O)N1CCCC(OCc2ccccc2)C1. The topological polar surface area (TPSA) is 49.9 Å². The van der Waals surface area contributed by atoms with Gasteiger partial charge in [0.2, 0.25) is 11.8 Å². The van der Waals surface area contributed by atoms with Crippen LogP contribution in [0.2, 0.25) is 0 Å². The molecule has 2 saturated heterocycles. The maximum Gasteiger partial charge on any atom is 0.224 e. The molecule has 0 spiro atoms. The Kier molecular flexibility index (Phi) is 5.86. The van der Waals surface area contributed by atoms with E-state index in [1.165, 1.54) is 0 Å². The van der Waals surface area contributed by atoms with Crippen LogP contribution in [-0.4, -0.2) is 53.9 Å². The molecule has 0 saturated carbocycles. The maximum atomic E-state index is 12.4. The van der Waals surface area contributed by atoms with Gasteiger partial charge in [-0.3, -0.25) is 9.59 Å². The van der Waals surface area contributed by atoms with Crippen molar-refractivity contribution in [2.75, 3.05) is 26.2 Å². The average Bonchev–Trinajstić information content (AvgIpc) is 3.04. The Hall–Kier alpha value is -1.88. The van der Waals surface area contributed by atoms with Gasteiger partial charge in [-0.15, -0.1) is 0 Å². The highest BCUT2D eigenvalue weighted by atomic mass is 16.5. The molecule has 0 aliphatic carbocycles. The number of hydrogen-bond donors (Lipinski definition) is 0. The number of piperidine rings is 1. The first-order valence-corrected chi connectivity index (χ1v) is 8.93. The highest BCUT2D eigenvalue weighted by Crippen LogP contribution is 2.17. The second-order valence-electron chi connectivity index (χ2n) is 6.63. The minimum atomic E-state index is 0.108. The summed E-state index contributed by atoms with van der Waals surface area (Å²) >= 11 is 0. The van der Waals surface area contributed by atoms with Crippen LogP contribution in [0.15, 0.2) is 30.3 Å². The molecule has 2 amide bonds. The van der Waals surface area contributed by atoms with Gasteiger partial charge >= 0.3 is 0 Å². The molecule has 2 aliphatic rings. The molecule has 0 aromatic heterocycles. The summed E-state index contributed by atoms with van der Waals surface area (Å²) in [4.78, 5) is 27.7. The zero-order chi connectivity index (χ0) is 16.8. The molecule has 2 aliphatic heterocycles. The summed E-state index contributed by atoms with van der Waals surface area (Å²) in [7, 11) is 0. The summed E-state index contributed by atoms with van der Waals surface area (Å²) in [6.45, 7) is 3.42. The van der Waals surface area contributed by atoms with Gasteiger partial charge in [-0.05, 0) is 24.8 Å². The molecule has 2 heterocycles. The van der Waals surface area contributed by atoms with Crippen molar-refractivity contribution in [1.82, 2.24) is 9.80 Å². The predicted molar refractivity (Wildman–Crippen MR) is 91.3 cm³/mol. The largest absolute Gasteiger partial charge is 0.372 e. The zero-order valence-corrected chi connectivity index (χ0v) is 14.2. The van der Waals surface area contributed by atoms with Gasteiger partial charge in [0.25, 0.3) is 0 Å². The van der Waals surface area contributed by atoms with E-state index in [0.29, 0.717) is 32.5 Å². The number of ether oxygens (including phenoxy) is 1. The monoisotopic (exact) mass is 330 g/mol. The molecule has 2 fully saturated rings. The predicted octanol–water partition coefficient (Wildman–Crippen LogP) is 2.21. The van der Waals surface area contributed by atoms with E-state index in [4.69, 9.17) is 4.74 Å². The summed E-state index contributed by atoms with van der Waals surface area (Å²) in [5.41, 5.74) is 1.16. The van der Waals surface area contributed by atoms with Gasteiger partial charge < -0.3 is 14.5 Å². The van der Waals surface area contributed by atoms with Crippen molar-refractivity contribution < 1.29 is 14.3 Å². The van der Waals surface area contributed by atoms with E-state index < -0.39 is 0 Å². The minimum Gasteiger partial charge on any atom is -0.372 e. The normalized spacial score (nSPS) is 21.3. The molecule has 3 rings (SSSR count). The summed E-state index contributed by atoms with van der Waals surface area (Å²) < 4.78 is 5.99. The fourth-order valence-electron chi connectivity index (χ4n) is 3.42. The summed E-state index contributed by atoms with van der Waals surface area (Å²) in [6, 6.07) is 10.1. The maximum absolute atomic E-state index is 12.4. The zero-order valence-electron chi connectivity index (χ0n) is 14.2. The Labute approximate surface area is 143 Å². The number of benzene rings is 1. The van der Waals surface area contributed by atoms with Crippen LogP contribution in [0.25, 0.3) is 0 Å². The lowest BCUT2D eigenvalue weighted by Crippen LogP contribution is -2.44. The van der Waals surface area contributed by atoms with Crippen LogP contribution in [0.5, 0.6) is 0 Å². The van der Waals surface area contributed by atoms with Gasteiger partial charge in [0.15, 0.2) is 0 Å². The van der Waals surface area contributed by atoms with Crippen molar-refractivity contribution >= 4 is 11.8 Å². The molecule has 0 radical (unpaired) electrons. The lowest BCUT2D eigenvalue weighted by Gasteiger charge is -2.33. The molecule has 0 N–H and O–H groups in total. The van der Waals surface area contributed by atoms with Gasteiger partial charge in [-0.1, -0.05) is 30.3 Å². The van der Waals surface area contributed by atoms with Crippen LogP contribution >= 0.6 is 0 Å². The molecular weight excluding hydrogens is 304 g/mol. The molecule has 1 aromatic carbocycles. The number of carbonyl (C=O) groups excluding carboxylic acids is 2. The summed E-state index contributed by atoms with van der Waals surface area (Å²) in [5, 5.41) is 0. The number of carbonyl (C=O) groups is 2. The molecular formula is C19H26N2O3. The van der Waals surface area contributed by atoms with Crippen molar-refractivity contribution in [3.8, 4) is 0 Å². The quantitative estimate of drug-likeness (QED) is 0.803. The Morgan fingerprint density at radius 1 is 1.17 bits per heavy atom. The highest BCUT2D eigenvalue weighted by Gasteiger charge is 2.26. The molecule has 24 heavy (non-hydrogen) atoms. The van der Waals surface area contributed by atoms with E-state index in [2.05, 4.69) is 12.1 Å². The van der Waals surface area contributed by atoms with Crippen LogP contribution in [0.4, 0.5) is 0 Å². The lowest BCUT2D eigenvalue weighted by molar-refractivity contribution is -0.136. The van der Waals surface area contributed by atoms with E-state index in [0.717, 1.165) is 37.9 Å². The number of likely N-dealkylation sites (tertiary alicyclic amines) is 2. The third kappa shape index (κ3) is 4.57. The van der Waals surface area contributed by atoms with Crippen LogP contribution in [-0.2, 0) is 20.9 Å². The second-order valence-corrected chi connectivity index (χ2v) is 6.63. The van der Waals surface area contributed by atoms with Crippen LogP contribution in [0.1, 0.15) is 37.7 Å². The summed E-state index contributed by atoms with van der Waals surface area (Å²) in [6.07, 6.45) is 4.07. The average molecular weight is 330 g/mol. The van der Waals surface area contributed by atoms with Gasteiger partial charge in [-0.2, -0.15) is 0 Å². The van der Waals surface area contributed by atoms with Gasteiger partial charge in [0.1, 0.15) is 0 Å². The van der Waals surface area contributed by atoms with Crippen molar-refractivity contribution in [3.63, 3.8) is 0 Å². The Bertz CT molecular complexity index is 561. The second kappa shape index (κ2) is 8.29. The molecule has 0 bridgehead atoms. The molecule has 1 atom stereocenters. The van der Waals surface area contributed by atoms with Crippen LogP contribution < -0.4 is 0 Å². The Balaban J connectivity index is 1.42. The van der Waals surface area contributed by atoms with Crippen LogP contribution in [0.3, 0.4) is 0 Å². The first-order valence-electron chi connectivity index (χ1n) is 8.93.